The number of amides is 1. The highest BCUT2D eigenvalue weighted by molar-refractivity contribution is 7.80. The first-order valence-electron chi connectivity index (χ1n) is 8.20. The number of hydrogen-bond donors (Lipinski definition) is 3. The molecule has 0 spiro atoms. The fourth-order valence-corrected chi connectivity index (χ4v) is 3.24. The molecule has 0 unspecified atom stereocenters. The van der Waals surface area contributed by atoms with Crippen LogP contribution < -0.4 is 20.9 Å². The lowest BCUT2D eigenvalue weighted by Crippen LogP contribution is -2.52. The molecule has 1 saturated carbocycles. The van der Waals surface area contributed by atoms with Crippen LogP contribution in [0.3, 0.4) is 0 Å². The van der Waals surface area contributed by atoms with Gasteiger partial charge in [0.25, 0.3) is 5.91 Å². The van der Waals surface area contributed by atoms with E-state index in [9.17, 15) is 4.79 Å². The molecule has 1 aliphatic carbocycles. The smallest absolute Gasteiger partial charge is 0.276 e. The zero-order valence-corrected chi connectivity index (χ0v) is 15.6. The fourth-order valence-electron chi connectivity index (χ4n) is 2.82. The van der Waals surface area contributed by atoms with Crippen LogP contribution in [0.5, 0.6) is 5.75 Å². The third-order valence-electron chi connectivity index (χ3n) is 4.24. The third kappa shape index (κ3) is 5.83. The van der Waals surface area contributed by atoms with Gasteiger partial charge in [-0.1, -0.05) is 31.4 Å². The van der Waals surface area contributed by atoms with Crippen molar-refractivity contribution in [2.24, 2.45) is 5.92 Å². The quantitative estimate of drug-likeness (QED) is 0.562. The van der Waals surface area contributed by atoms with E-state index >= 15 is 0 Å². The Kier molecular flexibility index (Phi) is 7.12. The minimum Gasteiger partial charge on any atom is -0.483 e. The molecule has 0 saturated heterocycles. The van der Waals surface area contributed by atoms with Crippen molar-refractivity contribution in [1.82, 2.24) is 16.2 Å². The van der Waals surface area contributed by atoms with Crippen LogP contribution in [0, 0.1) is 12.8 Å². The van der Waals surface area contributed by atoms with Crippen LogP contribution in [0.4, 0.5) is 0 Å². The summed E-state index contributed by atoms with van der Waals surface area (Å²) >= 11 is 11.1. The van der Waals surface area contributed by atoms with Gasteiger partial charge in [0.1, 0.15) is 5.75 Å². The predicted octanol–water partition coefficient (Wildman–Crippen LogP) is 3.10. The Labute approximate surface area is 153 Å². The van der Waals surface area contributed by atoms with E-state index in [4.69, 9.17) is 28.6 Å². The van der Waals surface area contributed by atoms with E-state index in [1.165, 1.54) is 19.3 Å². The highest BCUT2D eigenvalue weighted by Gasteiger charge is 2.21. The van der Waals surface area contributed by atoms with E-state index in [0.29, 0.717) is 27.8 Å². The molecule has 1 aromatic rings. The second-order valence-corrected chi connectivity index (χ2v) is 7.06. The van der Waals surface area contributed by atoms with Gasteiger partial charge in [0.15, 0.2) is 11.7 Å². The van der Waals surface area contributed by atoms with Crippen LogP contribution in [0.25, 0.3) is 0 Å². The topological polar surface area (TPSA) is 62.4 Å². The maximum Gasteiger partial charge on any atom is 0.276 e. The summed E-state index contributed by atoms with van der Waals surface area (Å²) in [6.45, 7) is 4.00. The van der Waals surface area contributed by atoms with Crippen LogP contribution >= 0.6 is 23.8 Å². The highest BCUT2D eigenvalue weighted by Crippen LogP contribution is 2.23. The lowest BCUT2D eigenvalue weighted by Gasteiger charge is -2.30. The van der Waals surface area contributed by atoms with Crippen LogP contribution in [0.2, 0.25) is 5.02 Å². The van der Waals surface area contributed by atoms with Crippen molar-refractivity contribution >= 4 is 34.8 Å². The molecule has 0 aromatic heterocycles. The van der Waals surface area contributed by atoms with Crippen molar-refractivity contribution in [3.8, 4) is 5.75 Å². The zero-order chi connectivity index (χ0) is 17.5. The van der Waals surface area contributed by atoms with E-state index in [1.807, 2.05) is 6.92 Å². The molecular weight excluding hydrogens is 346 g/mol. The van der Waals surface area contributed by atoms with Crippen molar-refractivity contribution < 1.29 is 9.53 Å². The van der Waals surface area contributed by atoms with Gasteiger partial charge in [-0.3, -0.25) is 15.6 Å². The molecule has 1 aromatic carbocycles. The lowest BCUT2D eigenvalue weighted by molar-refractivity contribution is -0.123. The van der Waals surface area contributed by atoms with Gasteiger partial charge in [-0.15, -0.1) is 0 Å². The number of carbonyl (C=O) groups excluding carboxylic acids is 1. The molecular formula is C17H24ClN3O2S. The number of carbonyl (C=O) groups is 1. The Morgan fingerprint density at radius 1 is 1.33 bits per heavy atom. The SMILES string of the molecule is Cc1cc(Cl)ccc1OCC(=O)NNC(=S)N[C@@H]1CCCC[C@@H]1C. The average molecular weight is 370 g/mol. The summed E-state index contributed by atoms with van der Waals surface area (Å²) in [4.78, 5) is 11.8. The summed E-state index contributed by atoms with van der Waals surface area (Å²) in [5, 5.41) is 4.34. The molecule has 24 heavy (non-hydrogen) atoms. The standard InChI is InChI=1S/C17H24ClN3O2S/c1-11-5-3-4-6-14(11)19-17(24)21-20-16(22)10-23-15-8-7-13(18)9-12(15)2/h7-9,11,14H,3-6,10H2,1-2H3,(H,20,22)(H2,19,21,24)/t11-,14+/m0/s1. The normalized spacial score (nSPS) is 20.1. The summed E-state index contributed by atoms with van der Waals surface area (Å²) in [5.74, 6) is 0.918. The van der Waals surface area contributed by atoms with E-state index in [2.05, 4.69) is 23.1 Å². The molecule has 132 valence electrons. The van der Waals surface area contributed by atoms with Gasteiger partial charge < -0.3 is 10.1 Å². The van der Waals surface area contributed by atoms with Gasteiger partial charge in [-0.05, 0) is 61.7 Å². The monoisotopic (exact) mass is 369 g/mol. The lowest BCUT2D eigenvalue weighted by atomic mass is 9.86. The Balaban J connectivity index is 1.69. The fraction of sp³-hybridized carbons (Fsp3) is 0.529. The summed E-state index contributed by atoms with van der Waals surface area (Å²) in [5.41, 5.74) is 6.16. The summed E-state index contributed by atoms with van der Waals surface area (Å²) in [7, 11) is 0. The minimum absolute atomic E-state index is 0.0993. The molecule has 1 amide bonds. The van der Waals surface area contributed by atoms with Crippen LogP contribution in [0.15, 0.2) is 18.2 Å². The average Bonchev–Trinajstić information content (AvgIpc) is 2.54. The molecule has 0 aliphatic heterocycles. The Morgan fingerprint density at radius 3 is 2.79 bits per heavy atom. The number of benzene rings is 1. The number of ether oxygens (including phenoxy) is 1. The largest absolute Gasteiger partial charge is 0.483 e. The maximum atomic E-state index is 11.8. The number of aryl methyl sites for hydroxylation is 1. The first kappa shape index (κ1) is 18.8. The first-order chi connectivity index (χ1) is 11.5. The van der Waals surface area contributed by atoms with E-state index in [-0.39, 0.29) is 12.5 Å². The van der Waals surface area contributed by atoms with Gasteiger partial charge in [0.2, 0.25) is 0 Å². The Bertz CT molecular complexity index is 597. The van der Waals surface area contributed by atoms with Crippen molar-refractivity contribution in [2.45, 2.75) is 45.6 Å². The van der Waals surface area contributed by atoms with E-state index in [0.717, 1.165) is 12.0 Å². The number of halogens is 1. The molecule has 3 N–H and O–H groups in total. The summed E-state index contributed by atoms with van der Waals surface area (Å²) in [6.07, 6.45) is 4.81. The molecule has 0 bridgehead atoms. The van der Waals surface area contributed by atoms with E-state index < -0.39 is 0 Å². The number of thiocarbonyl (C=S) groups is 1. The van der Waals surface area contributed by atoms with Crippen molar-refractivity contribution in [2.75, 3.05) is 6.61 Å². The molecule has 0 radical (unpaired) electrons. The second kappa shape index (κ2) is 9.08. The number of rotatable bonds is 4. The van der Waals surface area contributed by atoms with Gasteiger partial charge in [0.05, 0.1) is 0 Å². The van der Waals surface area contributed by atoms with Crippen LogP contribution in [-0.2, 0) is 4.79 Å². The van der Waals surface area contributed by atoms with Gasteiger partial charge in [0, 0.05) is 11.1 Å². The van der Waals surface area contributed by atoms with Crippen LogP contribution in [0.1, 0.15) is 38.2 Å². The van der Waals surface area contributed by atoms with Crippen LogP contribution in [-0.4, -0.2) is 23.7 Å². The predicted molar refractivity (Wildman–Crippen MR) is 100 cm³/mol. The minimum atomic E-state index is -0.301. The highest BCUT2D eigenvalue weighted by atomic mass is 35.5. The molecule has 1 aliphatic rings. The second-order valence-electron chi connectivity index (χ2n) is 6.21. The number of hydrazine groups is 1. The van der Waals surface area contributed by atoms with Crippen molar-refractivity contribution in [1.29, 1.82) is 0 Å². The molecule has 2 rings (SSSR count). The number of hydrogen-bond acceptors (Lipinski definition) is 3. The Hall–Kier alpha value is -1.53. The summed E-state index contributed by atoms with van der Waals surface area (Å²) in [6, 6.07) is 5.63. The van der Waals surface area contributed by atoms with Gasteiger partial charge in [-0.2, -0.15) is 0 Å². The van der Waals surface area contributed by atoms with Gasteiger partial charge >= 0.3 is 0 Å². The first-order valence-corrected chi connectivity index (χ1v) is 8.98. The zero-order valence-electron chi connectivity index (χ0n) is 14.0. The number of nitrogens with one attached hydrogen (secondary N) is 3. The molecule has 5 nitrogen and oxygen atoms in total. The maximum absolute atomic E-state index is 11.8. The van der Waals surface area contributed by atoms with Crippen molar-refractivity contribution in [3.63, 3.8) is 0 Å². The van der Waals surface area contributed by atoms with Gasteiger partial charge in [-0.25, -0.2) is 0 Å². The molecule has 7 heteroatoms. The Morgan fingerprint density at radius 2 is 2.08 bits per heavy atom. The van der Waals surface area contributed by atoms with Crippen molar-refractivity contribution in [3.05, 3.63) is 28.8 Å². The molecule has 1 fully saturated rings. The molecule has 0 heterocycles. The van der Waals surface area contributed by atoms with E-state index in [1.54, 1.807) is 18.2 Å². The third-order valence-corrected chi connectivity index (χ3v) is 4.69. The molecule has 2 atom stereocenters. The summed E-state index contributed by atoms with van der Waals surface area (Å²) < 4.78 is 5.48.